The number of carbonyl (C=O) groups excluding carboxylic acids is 1. The van der Waals surface area contributed by atoms with Crippen molar-refractivity contribution in [2.24, 2.45) is 5.73 Å². The van der Waals surface area contributed by atoms with E-state index in [4.69, 9.17) is 24.7 Å². The summed E-state index contributed by atoms with van der Waals surface area (Å²) in [5.74, 6) is 1.04. The van der Waals surface area contributed by atoms with E-state index in [0.29, 0.717) is 23.7 Å². The first-order chi connectivity index (χ1) is 17.5. The molecule has 1 unspecified atom stereocenters. The molecule has 0 fully saturated rings. The van der Waals surface area contributed by atoms with Crippen molar-refractivity contribution in [2.45, 2.75) is 25.7 Å². The van der Waals surface area contributed by atoms with Gasteiger partial charge in [0.15, 0.2) is 6.61 Å². The number of halogens is 1. The Morgan fingerprint density at radius 2 is 1.69 bits per heavy atom. The molecule has 2 N–H and O–H groups in total. The van der Waals surface area contributed by atoms with Crippen LogP contribution in [0.15, 0.2) is 82.7 Å². The maximum atomic E-state index is 12.3. The Balaban J connectivity index is 1.50. The monoisotopic (exact) mass is 548 g/mol. The Morgan fingerprint density at radius 1 is 1.03 bits per heavy atom. The second kappa shape index (κ2) is 11.6. The number of fused-ring (bicyclic) bond motifs is 1. The number of unbranched alkanes of at least 4 members (excludes halogenated alkanes) is 1. The molecule has 0 amide bonds. The molecule has 0 radical (unpaired) electrons. The summed E-state index contributed by atoms with van der Waals surface area (Å²) in [6.07, 6.45) is 2.04. The number of rotatable bonds is 9. The van der Waals surface area contributed by atoms with E-state index in [-0.39, 0.29) is 18.2 Å². The van der Waals surface area contributed by atoms with Crippen LogP contribution < -0.4 is 24.7 Å². The van der Waals surface area contributed by atoms with Gasteiger partial charge in [-0.25, -0.2) is 4.79 Å². The summed E-state index contributed by atoms with van der Waals surface area (Å²) in [7, 11) is 0. The highest BCUT2D eigenvalue weighted by molar-refractivity contribution is 9.10. The first-order valence-corrected chi connectivity index (χ1v) is 12.3. The molecule has 1 atom stereocenters. The van der Waals surface area contributed by atoms with E-state index in [1.165, 1.54) is 0 Å². The van der Waals surface area contributed by atoms with E-state index in [1.807, 2.05) is 36.4 Å². The van der Waals surface area contributed by atoms with Gasteiger partial charge < -0.3 is 24.7 Å². The van der Waals surface area contributed by atoms with Gasteiger partial charge in [-0.1, -0.05) is 47.5 Å². The molecule has 0 spiro atoms. The molecule has 1 aliphatic heterocycles. The van der Waals surface area contributed by atoms with Crippen LogP contribution >= 0.6 is 15.9 Å². The molecule has 0 bridgehead atoms. The SMILES string of the molecule is CCCCOc1ccc(C2C(C#N)=C(N)Oc3cc(OC(=O)COc4ccc(Br)cc4)ccc32)cc1. The first kappa shape index (κ1) is 25.1. The fourth-order valence-corrected chi connectivity index (χ4v) is 4.03. The van der Waals surface area contributed by atoms with Crippen LogP contribution in [0.2, 0.25) is 0 Å². The Labute approximate surface area is 218 Å². The van der Waals surface area contributed by atoms with E-state index >= 15 is 0 Å². The van der Waals surface area contributed by atoms with Crippen molar-refractivity contribution in [3.8, 4) is 29.1 Å². The van der Waals surface area contributed by atoms with Gasteiger partial charge in [0.25, 0.3) is 0 Å². The molecule has 184 valence electrons. The lowest BCUT2D eigenvalue weighted by atomic mass is 9.83. The van der Waals surface area contributed by atoms with Gasteiger partial charge in [-0.2, -0.15) is 5.26 Å². The Hall–Kier alpha value is -3.96. The predicted octanol–water partition coefficient (Wildman–Crippen LogP) is 5.83. The number of hydrogen-bond acceptors (Lipinski definition) is 7. The van der Waals surface area contributed by atoms with Crippen molar-refractivity contribution in [1.82, 2.24) is 0 Å². The Kier molecular flexibility index (Phi) is 8.13. The van der Waals surface area contributed by atoms with Crippen LogP contribution in [0.25, 0.3) is 0 Å². The summed E-state index contributed by atoms with van der Waals surface area (Å²) in [6.45, 7) is 2.51. The number of carbonyl (C=O) groups is 1. The van der Waals surface area contributed by atoms with Crippen LogP contribution in [0, 0.1) is 11.3 Å². The molecule has 8 heteroatoms. The van der Waals surface area contributed by atoms with Crippen LogP contribution in [-0.4, -0.2) is 19.2 Å². The smallest absolute Gasteiger partial charge is 0.349 e. The molecule has 0 saturated heterocycles. The molecular weight excluding hydrogens is 524 g/mol. The number of esters is 1. The molecule has 1 heterocycles. The third-order valence-electron chi connectivity index (χ3n) is 5.57. The summed E-state index contributed by atoms with van der Waals surface area (Å²) in [5.41, 5.74) is 8.02. The van der Waals surface area contributed by atoms with Crippen molar-refractivity contribution in [3.05, 3.63) is 93.8 Å². The average molecular weight is 549 g/mol. The van der Waals surface area contributed by atoms with Crippen LogP contribution in [-0.2, 0) is 4.79 Å². The second-order valence-corrected chi connectivity index (χ2v) is 9.03. The Morgan fingerprint density at radius 3 is 2.39 bits per heavy atom. The molecule has 0 aliphatic carbocycles. The number of allylic oxidation sites excluding steroid dienone is 1. The lowest BCUT2D eigenvalue weighted by Crippen LogP contribution is -2.21. The molecule has 4 rings (SSSR count). The van der Waals surface area contributed by atoms with E-state index in [0.717, 1.165) is 34.2 Å². The minimum atomic E-state index is -0.565. The zero-order valence-electron chi connectivity index (χ0n) is 19.7. The van der Waals surface area contributed by atoms with Crippen molar-refractivity contribution in [3.63, 3.8) is 0 Å². The van der Waals surface area contributed by atoms with Crippen LogP contribution in [0.4, 0.5) is 0 Å². The highest BCUT2D eigenvalue weighted by Crippen LogP contribution is 2.43. The molecule has 0 aromatic heterocycles. The number of hydrogen-bond donors (Lipinski definition) is 1. The fraction of sp³-hybridized carbons (Fsp3) is 0.214. The minimum Gasteiger partial charge on any atom is -0.494 e. The van der Waals surface area contributed by atoms with Gasteiger partial charge in [-0.15, -0.1) is 0 Å². The van der Waals surface area contributed by atoms with Gasteiger partial charge in [-0.3, -0.25) is 0 Å². The molecule has 3 aromatic carbocycles. The van der Waals surface area contributed by atoms with Crippen molar-refractivity contribution in [2.75, 3.05) is 13.2 Å². The van der Waals surface area contributed by atoms with E-state index < -0.39 is 11.9 Å². The summed E-state index contributed by atoms with van der Waals surface area (Å²) in [6, 6.07) is 21.9. The highest BCUT2D eigenvalue weighted by Gasteiger charge is 2.31. The molecular formula is C28H25BrN2O5. The number of ether oxygens (including phenoxy) is 4. The predicted molar refractivity (Wildman–Crippen MR) is 138 cm³/mol. The standard InChI is InChI=1S/C28H25BrN2O5/c1-2-3-14-33-20-8-4-18(5-9-20)27-23-13-12-22(15-25(23)36-28(31)24(27)16-30)35-26(32)17-34-21-10-6-19(29)7-11-21/h4-13,15,27H,2-3,14,17,31H2,1H3. The summed E-state index contributed by atoms with van der Waals surface area (Å²) >= 11 is 3.35. The van der Waals surface area contributed by atoms with Gasteiger partial charge in [0.1, 0.15) is 34.6 Å². The van der Waals surface area contributed by atoms with Crippen molar-refractivity contribution >= 4 is 21.9 Å². The molecule has 1 aliphatic rings. The number of nitrogens with two attached hydrogens (primary N) is 1. The van der Waals surface area contributed by atoms with Crippen molar-refractivity contribution < 1.29 is 23.7 Å². The van der Waals surface area contributed by atoms with Crippen LogP contribution in [0.3, 0.4) is 0 Å². The van der Waals surface area contributed by atoms with Gasteiger partial charge in [0.2, 0.25) is 5.88 Å². The largest absolute Gasteiger partial charge is 0.494 e. The van der Waals surface area contributed by atoms with Gasteiger partial charge >= 0.3 is 5.97 Å². The van der Waals surface area contributed by atoms with E-state index in [2.05, 4.69) is 28.9 Å². The van der Waals surface area contributed by atoms with Crippen LogP contribution in [0.1, 0.15) is 36.8 Å². The first-order valence-electron chi connectivity index (χ1n) is 11.5. The summed E-state index contributed by atoms with van der Waals surface area (Å²) in [4.78, 5) is 12.3. The second-order valence-electron chi connectivity index (χ2n) is 8.11. The number of nitriles is 1. The molecule has 3 aromatic rings. The fourth-order valence-electron chi connectivity index (χ4n) is 3.77. The lowest BCUT2D eigenvalue weighted by molar-refractivity contribution is -0.136. The summed E-state index contributed by atoms with van der Waals surface area (Å²) < 4.78 is 23.3. The lowest BCUT2D eigenvalue weighted by Gasteiger charge is -2.26. The van der Waals surface area contributed by atoms with Crippen molar-refractivity contribution in [1.29, 1.82) is 5.26 Å². The third kappa shape index (κ3) is 5.99. The Bertz CT molecular complexity index is 1300. The quantitative estimate of drug-likeness (QED) is 0.204. The average Bonchev–Trinajstić information content (AvgIpc) is 2.88. The van der Waals surface area contributed by atoms with Crippen LogP contribution in [0.5, 0.6) is 23.0 Å². The maximum Gasteiger partial charge on any atom is 0.349 e. The molecule has 36 heavy (non-hydrogen) atoms. The van der Waals surface area contributed by atoms with Gasteiger partial charge in [-0.05, 0) is 54.4 Å². The zero-order chi connectivity index (χ0) is 25.5. The highest BCUT2D eigenvalue weighted by atomic mass is 79.9. The maximum absolute atomic E-state index is 12.3. The van der Waals surface area contributed by atoms with Gasteiger partial charge in [0, 0.05) is 16.1 Å². The molecule has 0 saturated carbocycles. The third-order valence-corrected chi connectivity index (χ3v) is 6.10. The topological polar surface area (TPSA) is 104 Å². The van der Waals surface area contributed by atoms with E-state index in [9.17, 15) is 10.1 Å². The zero-order valence-corrected chi connectivity index (χ0v) is 21.3. The van der Waals surface area contributed by atoms with Gasteiger partial charge in [0.05, 0.1) is 12.5 Å². The minimum absolute atomic E-state index is 0.0142. The normalized spacial score (nSPS) is 14.3. The number of nitrogens with zero attached hydrogens (tertiary/aromatic N) is 1. The molecule has 7 nitrogen and oxygen atoms in total. The number of benzene rings is 3. The van der Waals surface area contributed by atoms with E-state index in [1.54, 1.807) is 30.3 Å². The summed E-state index contributed by atoms with van der Waals surface area (Å²) in [5, 5.41) is 9.78.